The van der Waals surface area contributed by atoms with E-state index in [0.29, 0.717) is 0 Å². The Bertz CT molecular complexity index is 3370. The van der Waals surface area contributed by atoms with Crippen LogP contribution in [-0.4, -0.2) is 0 Å². The SMILES string of the molecule is c1ccc2c(c1)-c1ccccc1C21c2cc(-c3ccc4ccc5cccc6ccc3c4c56)ccc2-c2cc3c(-c4ccc5ccccc5c4)cccc3cc21. The summed E-state index contributed by atoms with van der Waals surface area (Å²) in [5.74, 6) is 0. The Balaban J connectivity index is 1.11. The normalized spacial score (nSPS) is 13.6. The Labute approximate surface area is 318 Å². The van der Waals surface area contributed by atoms with E-state index in [1.807, 2.05) is 0 Å². The molecule has 0 amide bonds. The van der Waals surface area contributed by atoms with Crippen molar-refractivity contribution in [1.82, 2.24) is 0 Å². The van der Waals surface area contributed by atoms with Crippen molar-refractivity contribution in [1.29, 1.82) is 0 Å². The van der Waals surface area contributed by atoms with Gasteiger partial charge in [0.05, 0.1) is 5.41 Å². The van der Waals surface area contributed by atoms with Gasteiger partial charge in [-0.15, -0.1) is 0 Å². The van der Waals surface area contributed by atoms with Gasteiger partial charge in [-0.3, -0.25) is 0 Å². The molecule has 0 saturated heterocycles. The topological polar surface area (TPSA) is 0 Å². The monoisotopic (exact) mass is 692 g/mol. The first-order valence-electron chi connectivity index (χ1n) is 19.3. The molecule has 0 radical (unpaired) electrons. The lowest BCUT2D eigenvalue weighted by Gasteiger charge is -2.31. The minimum absolute atomic E-state index is 0.440. The molecule has 0 heterocycles. The summed E-state index contributed by atoms with van der Waals surface area (Å²) in [6, 6.07) is 73.5. The molecule has 13 rings (SSSR count). The molecule has 0 unspecified atom stereocenters. The van der Waals surface area contributed by atoms with Crippen LogP contribution in [0, 0.1) is 0 Å². The quantitative estimate of drug-likeness (QED) is 0.158. The van der Waals surface area contributed by atoms with E-state index in [1.54, 1.807) is 0 Å². The second-order valence-corrected chi connectivity index (χ2v) is 15.6. The summed E-state index contributed by atoms with van der Waals surface area (Å²) in [5.41, 5.74) is 15.4. The minimum atomic E-state index is -0.440. The molecule has 0 aliphatic heterocycles. The van der Waals surface area contributed by atoms with Gasteiger partial charge in [0.2, 0.25) is 0 Å². The average Bonchev–Trinajstić information content (AvgIpc) is 3.71. The Hall–Kier alpha value is -7.02. The number of fused-ring (bicyclic) bond motifs is 12. The number of rotatable bonds is 2. The van der Waals surface area contributed by atoms with Crippen molar-refractivity contribution < 1.29 is 0 Å². The first-order valence-corrected chi connectivity index (χ1v) is 19.3. The van der Waals surface area contributed by atoms with Crippen LogP contribution < -0.4 is 0 Å². The van der Waals surface area contributed by atoms with Gasteiger partial charge in [-0.1, -0.05) is 170 Å². The van der Waals surface area contributed by atoms with Gasteiger partial charge >= 0.3 is 0 Å². The van der Waals surface area contributed by atoms with Crippen LogP contribution in [0.4, 0.5) is 0 Å². The molecule has 2 aliphatic rings. The predicted octanol–water partition coefficient (Wildman–Crippen LogP) is 14.6. The molecule has 0 nitrogen and oxygen atoms in total. The highest BCUT2D eigenvalue weighted by Crippen LogP contribution is 2.64. The molecule has 0 aromatic heterocycles. The molecule has 1 spiro atoms. The minimum Gasteiger partial charge on any atom is -0.0619 e. The number of hydrogen-bond donors (Lipinski definition) is 0. The van der Waals surface area contributed by atoms with Crippen LogP contribution in [0.15, 0.2) is 194 Å². The summed E-state index contributed by atoms with van der Waals surface area (Å²) in [4.78, 5) is 0. The fourth-order valence-corrected chi connectivity index (χ4v) is 10.7. The van der Waals surface area contributed by atoms with Gasteiger partial charge in [0.15, 0.2) is 0 Å². The third kappa shape index (κ3) is 3.76. The van der Waals surface area contributed by atoms with Crippen LogP contribution in [0.3, 0.4) is 0 Å². The molecule has 2 aliphatic carbocycles. The molecule has 252 valence electrons. The van der Waals surface area contributed by atoms with Gasteiger partial charge in [0.1, 0.15) is 0 Å². The fourth-order valence-electron chi connectivity index (χ4n) is 10.7. The molecule has 0 atom stereocenters. The highest BCUT2D eigenvalue weighted by atomic mass is 14.5. The molecule has 0 bridgehead atoms. The highest BCUT2D eigenvalue weighted by molar-refractivity contribution is 6.25. The summed E-state index contributed by atoms with van der Waals surface area (Å²) in [7, 11) is 0. The Morgan fingerprint density at radius 3 is 1.56 bits per heavy atom. The van der Waals surface area contributed by atoms with Crippen molar-refractivity contribution in [3.05, 3.63) is 216 Å². The summed E-state index contributed by atoms with van der Waals surface area (Å²) < 4.78 is 0. The maximum Gasteiger partial charge on any atom is 0.0725 e. The molecular formula is C55H32. The van der Waals surface area contributed by atoms with Gasteiger partial charge in [0, 0.05) is 0 Å². The maximum absolute atomic E-state index is 2.54. The van der Waals surface area contributed by atoms with Crippen molar-refractivity contribution in [2.75, 3.05) is 0 Å². The molecule has 0 heteroatoms. The van der Waals surface area contributed by atoms with Gasteiger partial charge in [-0.05, 0) is 145 Å². The fraction of sp³-hybridized carbons (Fsp3) is 0.0182. The van der Waals surface area contributed by atoms with Gasteiger partial charge in [-0.2, -0.15) is 0 Å². The average molecular weight is 693 g/mol. The Kier molecular flexibility index (Phi) is 5.65. The first-order chi connectivity index (χ1) is 27.3. The largest absolute Gasteiger partial charge is 0.0725 e. The van der Waals surface area contributed by atoms with E-state index < -0.39 is 5.41 Å². The molecule has 55 heavy (non-hydrogen) atoms. The van der Waals surface area contributed by atoms with Crippen LogP contribution in [0.5, 0.6) is 0 Å². The lowest BCUT2D eigenvalue weighted by Crippen LogP contribution is -2.25. The number of hydrogen-bond acceptors (Lipinski definition) is 0. The van der Waals surface area contributed by atoms with Crippen LogP contribution in [0.25, 0.3) is 98.4 Å². The van der Waals surface area contributed by atoms with Crippen LogP contribution in [-0.2, 0) is 5.41 Å². The van der Waals surface area contributed by atoms with Gasteiger partial charge in [0.25, 0.3) is 0 Å². The van der Waals surface area contributed by atoms with Crippen LogP contribution in [0.2, 0.25) is 0 Å². The van der Waals surface area contributed by atoms with E-state index in [1.165, 1.54) is 121 Å². The van der Waals surface area contributed by atoms with E-state index >= 15 is 0 Å². The standard InChI is InChI=1S/C55H32/c1-2-10-37-29-39(22-19-33(37)9-1)41-16-8-13-38-30-52-48(32-47(38)41)45-27-25-40(31-51(45)55(52)49-17-5-3-14-43(49)44-15-4-6-18-50(44)55)42-26-23-36-21-20-34-11-7-12-35-24-28-46(42)54(36)53(34)35/h1-32H. The van der Waals surface area contributed by atoms with Gasteiger partial charge in [-0.25, -0.2) is 0 Å². The zero-order valence-electron chi connectivity index (χ0n) is 30.0. The second-order valence-electron chi connectivity index (χ2n) is 15.6. The summed E-state index contributed by atoms with van der Waals surface area (Å²) in [5, 5.41) is 13.0. The van der Waals surface area contributed by atoms with Crippen LogP contribution in [0.1, 0.15) is 22.3 Å². The zero-order valence-corrected chi connectivity index (χ0v) is 30.0. The van der Waals surface area contributed by atoms with Crippen molar-refractivity contribution in [2.24, 2.45) is 0 Å². The summed E-state index contributed by atoms with van der Waals surface area (Å²) in [6.45, 7) is 0. The lowest BCUT2D eigenvalue weighted by atomic mass is 9.70. The van der Waals surface area contributed by atoms with Crippen molar-refractivity contribution in [3.8, 4) is 44.5 Å². The Morgan fingerprint density at radius 2 is 0.745 bits per heavy atom. The zero-order chi connectivity index (χ0) is 35.8. The first kappa shape index (κ1) is 29.4. The third-order valence-electron chi connectivity index (χ3n) is 13.0. The molecular weight excluding hydrogens is 661 g/mol. The van der Waals surface area contributed by atoms with Crippen molar-refractivity contribution in [2.45, 2.75) is 5.41 Å². The maximum atomic E-state index is 2.54. The van der Waals surface area contributed by atoms with E-state index in [9.17, 15) is 0 Å². The molecule has 11 aromatic carbocycles. The molecule has 0 fully saturated rings. The molecule has 0 N–H and O–H groups in total. The third-order valence-corrected chi connectivity index (χ3v) is 13.0. The number of benzene rings is 11. The van der Waals surface area contributed by atoms with Crippen molar-refractivity contribution >= 4 is 53.9 Å². The van der Waals surface area contributed by atoms with Crippen molar-refractivity contribution in [3.63, 3.8) is 0 Å². The predicted molar refractivity (Wildman–Crippen MR) is 232 cm³/mol. The molecule has 11 aromatic rings. The van der Waals surface area contributed by atoms with Gasteiger partial charge < -0.3 is 0 Å². The van der Waals surface area contributed by atoms with Crippen LogP contribution >= 0.6 is 0 Å². The smallest absolute Gasteiger partial charge is 0.0619 e. The van der Waals surface area contributed by atoms with E-state index in [2.05, 4.69) is 194 Å². The van der Waals surface area contributed by atoms with E-state index in [4.69, 9.17) is 0 Å². The second kappa shape index (κ2) is 10.6. The molecule has 0 saturated carbocycles. The Morgan fingerprint density at radius 1 is 0.236 bits per heavy atom. The van der Waals surface area contributed by atoms with E-state index in [0.717, 1.165) is 0 Å². The summed E-state index contributed by atoms with van der Waals surface area (Å²) in [6.07, 6.45) is 0. The highest BCUT2D eigenvalue weighted by Gasteiger charge is 2.51. The summed E-state index contributed by atoms with van der Waals surface area (Å²) >= 11 is 0. The lowest BCUT2D eigenvalue weighted by molar-refractivity contribution is 0.795. The van der Waals surface area contributed by atoms with E-state index in [-0.39, 0.29) is 0 Å².